The highest BCUT2D eigenvalue weighted by Crippen LogP contribution is 2.64. The molecule has 0 unspecified atom stereocenters. The summed E-state index contributed by atoms with van der Waals surface area (Å²) in [6.07, 6.45) is 5.42. The van der Waals surface area contributed by atoms with Crippen molar-refractivity contribution in [2.75, 3.05) is 0 Å². The van der Waals surface area contributed by atoms with Crippen LogP contribution in [0.5, 0.6) is 0 Å². The van der Waals surface area contributed by atoms with E-state index in [9.17, 15) is 4.79 Å². The lowest BCUT2D eigenvalue weighted by atomic mass is 10.0. The number of carbonyl (C=O) groups is 1. The summed E-state index contributed by atoms with van der Waals surface area (Å²) in [5, 5.41) is 7.28. The van der Waals surface area contributed by atoms with Crippen molar-refractivity contribution in [3.8, 4) is 0 Å². The molecule has 3 aliphatic rings. The molecule has 84 valence electrons. The normalized spacial score (nSPS) is 34.7. The highest BCUT2D eigenvalue weighted by molar-refractivity contribution is 5.94. The predicted octanol–water partition coefficient (Wildman–Crippen LogP) is 2.30. The molecule has 0 aromatic carbocycles. The molecule has 16 heavy (non-hydrogen) atoms. The molecule has 1 heterocycles. The third-order valence-corrected chi connectivity index (χ3v) is 4.64. The number of hydrogen-bond donors (Lipinski definition) is 1. The lowest BCUT2D eigenvalue weighted by Gasteiger charge is -2.02. The third kappa shape index (κ3) is 1.09. The average molecular weight is 216 g/mol. The maximum absolute atomic E-state index is 11.4. The smallest absolute Gasteiger partial charge is 0.180 e. The van der Waals surface area contributed by atoms with E-state index >= 15 is 0 Å². The van der Waals surface area contributed by atoms with Crippen LogP contribution >= 0.6 is 0 Å². The molecule has 2 fully saturated rings. The maximum atomic E-state index is 11.4. The van der Waals surface area contributed by atoms with E-state index in [-0.39, 0.29) is 5.78 Å². The van der Waals surface area contributed by atoms with Crippen LogP contribution in [0.3, 0.4) is 0 Å². The summed E-state index contributed by atoms with van der Waals surface area (Å²) in [5.74, 6) is 3.59. The van der Waals surface area contributed by atoms with Gasteiger partial charge >= 0.3 is 0 Å². The fourth-order valence-corrected chi connectivity index (χ4v) is 3.60. The van der Waals surface area contributed by atoms with Crippen LogP contribution in [-0.4, -0.2) is 16.0 Å². The van der Waals surface area contributed by atoms with Crippen molar-refractivity contribution in [3.05, 3.63) is 17.0 Å². The van der Waals surface area contributed by atoms with Crippen molar-refractivity contribution in [2.45, 2.75) is 38.5 Å². The van der Waals surface area contributed by atoms with Gasteiger partial charge in [0.05, 0.1) is 0 Å². The van der Waals surface area contributed by atoms with Crippen molar-refractivity contribution in [1.82, 2.24) is 10.2 Å². The van der Waals surface area contributed by atoms with Gasteiger partial charge in [0.1, 0.15) is 5.69 Å². The molecular weight excluding hydrogens is 200 g/mol. The van der Waals surface area contributed by atoms with E-state index in [1.165, 1.54) is 30.5 Å². The molecule has 0 bridgehead atoms. The summed E-state index contributed by atoms with van der Waals surface area (Å²) >= 11 is 0. The Bertz CT molecular complexity index is 472. The van der Waals surface area contributed by atoms with E-state index in [2.05, 4.69) is 10.2 Å². The number of aromatic nitrogens is 2. The number of carbonyl (C=O) groups excluding carboxylic acids is 1. The van der Waals surface area contributed by atoms with Gasteiger partial charge < -0.3 is 0 Å². The van der Waals surface area contributed by atoms with E-state index in [0.29, 0.717) is 5.69 Å². The zero-order valence-corrected chi connectivity index (χ0v) is 9.49. The molecule has 0 amide bonds. The molecule has 0 saturated heterocycles. The van der Waals surface area contributed by atoms with Crippen molar-refractivity contribution < 1.29 is 4.79 Å². The van der Waals surface area contributed by atoms with Crippen molar-refractivity contribution in [1.29, 1.82) is 0 Å². The van der Waals surface area contributed by atoms with Gasteiger partial charge in [0.25, 0.3) is 0 Å². The van der Waals surface area contributed by atoms with Gasteiger partial charge in [0, 0.05) is 24.1 Å². The standard InChI is InChI=1S/C13H16N2O/c1-6(16)12-10-5-9-8(4-7-2-3-7)11(9)13(10)15-14-12/h7-9,11H,2-5H2,1H3,(H,14,15)/t8-,9+,11-/m1/s1. The first-order valence-electron chi connectivity index (χ1n) is 6.33. The van der Waals surface area contributed by atoms with Crippen LogP contribution in [0.1, 0.15) is 53.8 Å². The van der Waals surface area contributed by atoms with Gasteiger partial charge in [-0.05, 0) is 30.6 Å². The van der Waals surface area contributed by atoms with E-state index in [1.54, 1.807) is 6.92 Å². The van der Waals surface area contributed by atoms with Gasteiger partial charge in [0.2, 0.25) is 0 Å². The first-order chi connectivity index (χ1) is 7.75. The van der Waals surface area contributed by atoms with Gasteiger partial charge in [-0.1, -0.05) is 12.8 Å². The van der Waals surface area contributed by atoms with Gasteiger partial charge in [-0.2, -0.15) is 5.10 Å². The lowest BCUT2D eigenvalue weighted by Crippen LogP contribution is -2.00. The Hall–Kier alpha value is -1.12. The fraction of sp³-hybridized carbons (Fsp3) is 0.692. The Morgan fingerprint density at radius 1 is 1.50 bits per heavy atom. The molecule has 3 atom stereocenters. The summed E-state index contributed by atoms with van der Waals surface area (Å²) in [5.41, 5.74) is 3.22. The van der Waals surface area contributed by atoms with Crippen molar-refractivity contribution in [2.24, 2.45) is 17.8 Å². The number of aromatic amines is 1. The predicted molar refractivity (Wildman–Crippen MR) is 59.4 cm³/mol. The molecule has 0 radical (unpaired) electrons. The first-order valence-corrected chi connectivity index (χ1v) is 6.33. The minimum atomic E-state index is 0.109. The van der Waals surface area contributed by atoms with Gasteiger partial charge in [0.15, 0.2) is 5.78 Å². The van der Waals surface area contributed by atoms with Crippen LogP contribution in [0, 0.1) is 17.8 Å². The number of rotatable bonds is 3. The van der Waals surface area contributed by atoms with Crippen molar-refractivity contribution >= 4 is 5.78 Å². The molecule has 2 saturated carbocycles. The second-order valence-corrected chi connectivity index (χ2v) is 5.76. The molecule has 3 aliphatic carbocycles. The molecular formula is C13H16N2O. The Morgan fingerprint density at radius 2 is 2.31 bits per heavy atom. The number of nitrogens with zero attached hydrogens (tertiary/aromatic N) is 1. The second kappa shape index (κ2) is 2.76. The topological polar surface area (TPSA) is 45.8 Å². The first kappa shape index (κ1) is 8.97. The Balaban J connectivity index is 1.60. The molecule has 3 nitrogen and oxygen atoms in total. The van der Waals surface area contributed by atoms with Gasteiger partial charge in [-0.15, -0.1) is 0 Å². The Morgan fingerprint density at radius 3 is 3.00 bits per heavy atom. The van der Waals surface area contributed by atoms with Gasteiger partial charge in [-0.3, -0.25) is 9.89 Å². The zero-order chi connectivity index (χ0) is 10.9. The number of ketones is 1. The average Bonchev–Trinajstić information content (AvgIpc) is 3.07. The van der Waals surface area contributed by atoms with Crippen LogP contribution in [-0.2, 0) is 6.42 Å². The number of hydrogen-bond acceptors (Lipinski definition) is 2. The minimum Gasteiger partial charge on any atom is -0.293 e. The van der Waals surface area contributed by atoms with Crippen LogP contribution in [0.4, 0.5) is 0 Å². The minimum absolute atomic E-state index is 0.109. The number of Topliss-reactive ketones (excluding diaryl/α,β-unsaturated/α-hetero) is 1. The monoisotopic (exact) mass is 216 g/mol. The molecule has 1 N–H and O–H groups in total. The fourth-order valence-electron chi connectivity index (χ4n) is 3.60. The van der Waals surface area contributed by atoms with Crippen LogP contribution in [0.15, 0.2) is 0 Å². The SMILES string of the molecule is CC(=O)c1n[nH]c2c1C[C@H]1[C@@H](CC3CC3)[C@@H]21. The van der Waals surface area contributed by atoms with Crippen LogP contribution < -0.4 is 0 Å². The molecule has 0 spiro atoms. The van der Waals surface area contributed by atoms with Gasteiger partial charge in [-0.25, -0.2) is 0 Å². The maximum Gasteiger partial charge on any atom is 0.180 e. The Kier molecular flexibility index (Phi) is 1.55. The van der Waals surface area contributed by atoms with E-state index in [1.807, 2.05) is 0 Å². The summed E-state index contributed by atoms with van der Waals surface area (Å²) in [6, 6.07) is 0. The molecule has 1 aromatic heterocycles. The zero-order valence-electron chi connectivity index (χ0n) is 9.49. The molecule has 4 rings (SSSR count). The van der Waals surface area contributed by atoms with E-state index in [4.69, 9.17) is 0 Å². The van der Waals surface area contributed by atoms with Crippen molar-refractivity contribution in [3.63, 3.8) is 0 Å². The number of H-pyrrole nitrogens is 1. The summed E-state index contributed by atoms with van der Waals surface area (Å²) < 4.78 is 0. The highest BCUT2D eigenvalue weighted by Gasteiger charge is 2.58. The lowest BCUT2D eigenvalue weighted by molar-refractivity contribution is 0.101. The third-order valence-electron chi connectivity index (χ3n) is 4.64. The summed E-state index contributed by atoms with van der Waals surface area (Å²) in [6.45, 7) is 1.61. The Labute approximate surface area is 94.6 Å². The van der Waals surface area contributed by atoms with Crippen LogP contribution in [0.25, 0.3) is 0 Å². The van der Waals surface area contributed by atoms with E-state index < -0.39 is 0 Å². The number of fused-ring (bicyclic) bond motifs is 3. The number of nitrogens with one attached hydrogen (secondary N) is 1. The van der Waals surface area contributed by atoms with Crippen LogP contribution in [0.2, 0.25) is 0 Å². The largest absolute Gasteiger partial charge is 0.293 e. The summed E-state index contributed by atoms with van der Waals surface area (Å²) in [4.78, 5) is 11.4. The molecule has 0 aliphatic heterocycles. The summed E-state index contributed by atoms with van der Waals surface area (Å²) in [7, 11) is 0. The quantitative estimate of drug-likeness (QED) is 0.788. The molecule has 1 aromatic rings. The second-order valence-electron chi connectivity index (χ2n) is 5.76. The van der Waals surface area contributed by atoms with E-state index in [0.717, 1.165) is 30.1 Å². The molecule has 3 heteroatoms. The highest BCUT2D eigenvalue weighted by atomic mass is 16.1.